The maximum Gasteiger partial charge on any atom is 0.319 e. The second-order valence-corrected chi connectivity index (χ2v) is 6.24. The van der Waals surface area contributed by atoms with Crippen LogP contribution in [-0.2, 0) is 6.42 Å². The molecule has 1 aromatic rings. The fourth-order valence-electron chi connectivity index (χ4n) is 2.89. The van der Waals surface area contributed by atoms with Crippen molar-refractivity contribution < 1.29 is 9.69 Å². The SMILES string of the molecule is CCc1ccc(NC(=O)NC2CC[NH+](C(C)C)CC2)cc1. The summed E-state index contributed by atoms with van der Waals surface area (Å²) < 4.78 is 0. The maximum atomic E-state index is 12.0. The molecule has 4 heteroatoms. The molecule has 0 spiro atoms. The molecule has 0 radical (unpaired) electrons. The van der Waals surface area contributed by atoms with Gasteiger partial charge in [0.25, 0.3) is 0 Å². The van der Waals surface area contributed by atoms with E-state index in [1.54, 1.807) is 4.90 Å². The van der Waals surface area contributed by atoms with Crippen molar-refractivity contribution in [3.8, 4) is 0 Å². The number of hydrogen-bond donors (Lipinski definition) is 3. The molecule has 0 aromatic heterocycles. The first-order valence-electron chi connectivity index (χ1n) is 8.09. The summed E-state index contributed by atoms with van der Waals surface area (Å²) in [5, 5.41) is 6.01. The Morgan fingerprint density at radius 1 is 1.24 bits per heavy atom. The summed E-state index contributed by atoms with van der Waals surface area (Å²) in [4.78, 5) is 13.7. The molecule has 0 aliphatic carbocycles. The van der Waals surface area contributed by atoms with Crippen LogP contribution in [0.2, 0.25) is 0 Å². The van der Waals surface area contributed by atoms with Gasteiger partial charge in [-0.05, 0) is 38.0 Å². The molecule has 2 rings (SSSR count). The molecule has 1 aromatic carbocycles. The summed E-state index contributed by atoms with van der Waals surface area (Å²) in [5.74, 6) is 0. The van der Waals surface area contributed by atoms with Gasteiger partial charge in [-0.15, -0.1) is 0 Å². The van der Waals surface area contributed by atoms with Crippen LogP contribution in [0.15, 0.2) is 24.3 Å². The Morgan fingerprint density at radius 3 is 2.38 bits per heavy atom. The Bertz CT molecular complexity index is 448. The van der Waals surface area contributed by atoms with E-state index >= 15 is 0 Å². The average molecular weight is 290 g/mol. The topological polar surface area (TPSA) is 45.6 Å². The molecule has 0 atom stereocenters. The molecule has 2 amide bonds. The van der Waals surface area contributed by atoms with Gasteiger partial charge in [0.05, 0.1) is 19.1 Å². The summed E-state index contributed by atoms with van der Waals surface area (Å²) in [6.45, 7) is 8.94. The minimum absolute atomic E-state index is 0.0859. The van der Waals surface area contributed by atoms with Gasteiger partial charge >= 0.3 is 6.03 Å². The van der Waals surface area contributed by atoms with Crippen molar-refractivity contribution in [3.63, 3.8) is 0 Å². The van der Waals surface area contributed by atoms with Gasteiger partial charge in [-0.1, -0.05) is 19.1 Å². The minimum Gasteiger partial charge on any atom is -0.335 e. The lowest BCUT2D eigenvalue weighted by Gasteiger charge is -2.32. The number of urea groups is 1. The molecule has 1 aliphatic rings. The van der Waals surface area contributed by atoms with E-state index in [1.165, 1.54) is 5.56 Å². The molecule has 0 bridgehead atoms. The summed E-state index contributed by atoms with van der Waals surface area (Å²) in [5.41, 5.74) is 2.14. The number of piperidine rings is 1. The normalized spacial score (nSPS) is 22.1. The molecule has 116 valence electrons. The predicted octanol–water partition coefficient (Wildman–Crippen LogP) is 1.83. The van der Waals surface area contributed by atoms with Crippen LogP contribution >= 0.6 is 0 Å². The van der Waals surface area contributed by atoms with E-state index in [9.17, 15) is 4.79 Å². The molecule has 4 nitrogen and oxygen atoms in total. The number of amides is 2. The van der Waals surface area contributed by atoms with Crippen LogP contribution in [0.5, 0.6) is 0 Å². The van der Waals surface area contributed by atoms with Crippen LogP contribution in [-0.4, -0.2) is 31.2 Å². The monoisotopic (exact) mass is 290 g/mol. The van der Waals surface area contributed by atoms with Crippen molar-refractivity contribution in [1.29, 1.82) is 0 Å². The van der Waals surface area contributed by atoms with Crippen LogP contribution in [0, 0.1) is 0 Å². The van der Waals surface area contributed by atoms with E-state index in [0.717, 1.165) is 38.0 Å². The molecule has 3 N–H and O–H groups in total. The number of hydrogen-bond acceptors (Lipinski definition) is 1. The highest BCUT2D eigenvalue weighted by Crippen LogP contribution is 2.10. The molecule has 0 unspecified atom stereocenters. The van der Waals surface area contributed by atoms with E-state index in [0.29, 0.717) is 12.1 Å². The number of likely N-dealkylation sites (tertiary alicyclic amines) is 1. The zero-order valence-corrected chi connectivity index (χ0v) is 13.4. The molecule has 1 fully saturated rings. The quantitative estimate of drug-likeness (QED) is 0.778. The van der Waals surface area contributed by atoms with Crippen molar-refractivity contribution in [2.24, 2.45) is 0 Å². The minimum atomic E-state index is -0.0859. The first-order valence-corrected chi connectivity index (χ1v) is 8.09. The van der Waals surface area contributed by atoms with Crippen LogP contribution in [0.3, 0.4) is 0 Å². The lowest BCUT2D eigenvalue weighted by atomic mass is 10.0. The Hall–Kier alpha value is -1.55. The number of rotatable bonds is 4. The third-order valence-corrected chi connectivity index (χ3v) is 4.40. The highest BCUT2D eigenvalue weighted by atomic mass is 16.2. The van der Waals surface area contributed by atoms with Gasteiger partial charge < -0.3 is 15.5 Å². The molecule has 1 aliphatic heterocycles. The van der Waals surface area contributed by atoms with E-state index < -0.39 is 0 Å². The van der Waals surface area contributed by atoms with Crippen molar-refractivity contribution in [2.45, 2.75) is 52.1 Å². The van der Waals surface area contributed by atoms with Crippen molar-refractivity contribution >= 4 is 11.7 Å². The highest BCUT2D eigenvalue weighted by Gasteiger charge is 2.24. The predicted molar refractivity (Wildman–Crippen MR) is 86.8 cm³/mol. The summed E-state index contributed by atoms with van der Waals surface area (Å²) in [6, 6.07) is 8.94. The standard InChI is InChI=1S/C17H27N3O/c1-4-14-5-7-15(8-6-14)18-17(21)19-16-9-11-20(12-10-16)13(2)3/h5-8,13,16H,4,9-12H2,1-3H3,(H2,18,19,21)/p+1. The third-order valence-electron chi connectivity index (χ3n) is 4.40. The van der Waals surface area contributed by atoms with E-state index in [2.05, 4.69) is 43.5 Å². The average Bonchev–Trinajstić information content (AvgIpc) is 2.48. The lowest BCUT2D eigenvalue weighted by Crippen LogP contribution is -3.16. The Kier molecular flexibility index (Phi) is 5.62. The van der Waals surface area contributed by atoms with E-state index in [4.69, 9.17) is 0 Å². The molecule has 21 heavy (non-hydrogen) atoms. The van der Waals surface area contributed by atoms with Crippen LogP contribution in [0.4, 0.5) is 10.5 Å². The number of nitrogens with one attached hydrogen (secondary N) is 3. The van der Waals surface area contributed by atoms with Crippen molar-refractivity contribution in [2.75, 3.05) is 18.4 Å². The Morgan fingerprint density at radius 2 is 1.86 bits per heavy atom. The second-order valence-electron chi connectivity index (χ2n) is 6.24. The second kappa shape index (κ2) is 7.46. The van der Waals surface area contributed by atoms with Crippen LogP contribution < -0.4 is 15.5 Å². The Labute approximate surface area is 127 Å². The van der Waals surface area contributed by atoms with Crippen LogP contribution in [0.25, 0.3) is 0 Å². The number of carbonyl (C=O) groups is 1. The number of aryl methyl sites for hydroxylation is 1. The van der Waals surface area contributed by atoms with Gasteiger partial charge in [0.1, 0.15) is 0 Å². The van der Waals surface area contributed by atoms with Gasteiger partial charge in [0.15, 0.2) is 0 Å². The van der Waals surface area contributed by atoms with Crippen molar-refractivity contribution in [1.82, 2.24) is 5.32 Å². The molecular weight excluding hydrogens is 262 g/mol. The number of anilines is 1. The van der Waals surface area contributed by atoms with Gasteiger partial charge in [-0.25, -0.2) is 4.79 Å². The first kappa shape index (κ1) is 15.8. The van der Waals surface area contributed by atoms with Gasteiger partial charge in [0, 0.05) is 24.6 Å². The summed E-state index contributed by atoms with van der Waals surface area (Å²) in [7, 11) is 0. The first-order chi connectivity index (χ1) is 10.1. The lowest BCUT2D eigenvalue weighted by molar-refractivity contribution is -0.926. The molecule has 0 saturated carbocycles. The number of carbonyl (C=O) groups excluding carboxylic acids is 1. The van der Waals surface area contributed by atoms with Crippen LogP contribution in [0.1, 0.15) is 39.2 Å². The van der Waals surface area contributed by atoms with E-state index in [-0.39, 0.29) is 6.03 Å². The largest absolute Gasteiger partial charge is 0.335 e. The fourth-order valence-corrected chi connectivity index (χ4v) is 2.89. The van der Waals surface area contributed by atoms with Gasteiger partial charge in [0.2, 0.25) is 0 Å². The van der Waals surface area contributed by atoms with Gasteiger partial charge in [-0.3, -0.25) is 0 Å². The molecule has 1 saturated heterocycles. The molecular formula is C17H28N3O+. The maximum absolute atomic E-state index is 12.0. The zero-order chi connectivity index (χ0) is 15.2. The Balaban J connectivity index is 1.77. The zero-order valence-electron chi connectivity index (χ0n) is 13.4. The summed E-state index contributed by atoms with van der Waals surface area (Å²) in [6.07, 6.45) is 3.15. The fraction of sp³-hybridized carbons (Fsp3) is 0.588. The van der Waals surface area contributed by atoms with E-state index in [1.807, 2.05) is 12.1 Å². The number of quaternary nitrogens is 1. The van der Waals surface area contributed by atoms with Crippen molar-refractivity contribution in [3.05, 3.63) is 29.8 Å². The highest BCUT2D eigenvalue weighted by molar-refractivity contribution is 5.89. The third kappa shape index (κ3) is 4.74. The smallest absolute Gasteiger partial charge is 0.319 e. The summed E-state index contributed by atoms with van der Waals surface area (Å²) >= 11 is 0. The molecule has 1 heterocycles. The van der Waals surface area contributed by atoms with Gasteiger partial charge in [-0.2, -0.15) is 0 Å². The number of benzene rings is 1.